The van der Waals surface area contributed by atoms with Crippen LogP contribution in [0.1, 0.15) is 16.7 Å². The lowest BCUT2D eigenvalue weighted by molar-refractivity contribution is 1.04. The molecule has 0 aliphatic heterocycles. The summed E-state index contributed by atoms with van der Waals surface area (Å²) in [7, 11) is 0. The van der Waals surface area contributed by atoms with Crippen molar-refractivity contribution in [1.29, 1.82) is 0 Å². The maximum absolute atomic E-state index is 5.87. The van der Waals surface area contributed by atoms with Gasteiger partial charge in [-0.3, -0.25) is 0 Å². The van der Waals surface area contributed by atoms with E-state index in [1.54, 1.807) is 0 Å². The normalized spacial score (nSPS) is 10.8. The van der Waals surface area contributed by atoms with E-state index in [1.807, 2.05) is 30.3 Å². The van der Waals surface area contributed by atoms with Crippen molar-refractivity contribution in [3.63, 3.8) is 0 Å². The first-order valence-corrected chi connectivity index (χ1v) is 6.33. The molecule has 3 nitrogen and oxygen atoms in total. The van der Waals surface area contributed by atoms with Gasteiger partial charge in [0.15, 0.2) is 5.96 Å². The maximum Gasteiger partial charge on any atom is 0.193 e. The van der Waals surface area contributed by atoms with Gasteiger partial charge in [0, 0.05) is 5.69 Å². The molecule has 0 amide bonds. The van der Waals surface area contributed by atoms with E-state index < -0.39 is 0 Å². The van der Waals surface area contributed by atoms with Crippen molar-refractivity contribution >= 4 is 35.6 Å². The minimum absolute atomic E-state index is 0. The molecular weight excluding hydrogens is 361 g/mol. The van der Waals surface area contributed by atoms with Crippen LogP contribution in [-0.4, -0.2) is 5.96 Å². The lowest BCUT2D eigenvalue weighted by atomic mass is 10.1. The number of aliphatic imine (C=N–C) groups is 1. The molecule has 2 rings (SSSR count). The van der Waals surface area contributed by atoms with Crippen LogP contribution in [0.15, 0.2) is 53.5 Å². The molecule has 0 aromatic heterocycles. The van der Waals surface area contributed by atoms with Gasteiger partial charge in [-0.1, -0.05) is 42.0 Å². The second-order valence-electron chi connectivity index (χ2n) is 4.62. The number of halogens is 1. The number of para-hydroxylation sites is 1. The lowest BCUT2D eigenvalue weighted by Crippen LogP contribution is -2.22. The number of rotatable bonds is 3. The molecule has 2 aromatic rings. The second kappa shape index (κ2) is 7.89. The number of anilines is 1. The Bertz CT molecular complexity index is 580. The molecule has 0 spiro atoms. The van der Waals surface area contributed by atoms with E-state index in [2.05, 4.69) is 42.4 Å². The van der Waals surface area contributed by atoms with Gasteiger partial charge in [0.1, 0.15) is 0 Å². The molecule has 0 radical (unpaired) electrons. The number of nitrogens with two attached hydrogens (primary N) is 1. The fourth-order valence-corrected chi connectivity index (χ4v) is 1.90. The lowest BCUT2D eigenvalue weighted by Gasteiger charge is -2.07. The second-order valence-corrected chi connectivity index (χ2v) is 4.62. The van der Waals surface area contributed by atoms with Crippen molar-refractivity contribution in [2.45, 2.75) is 20.4 Å². The highest BCUT2D eigenvalue weighted by molar-refractivity contribution is 14.0. The van der Waals surface area contributed by atoms with Gasteiger partial charge in [0.2, 0.25) is 0 Å². The molecule has 0 bridgehead atoms. The zero-order valence-electron chi connectivity index (χ0n) is 11.8. The Morgan fingerprint density at radius 3 is 2.45 bits per heavy atom. The van der Waals surface area contributed by atoms with Gasteiger partial charge in [-0.2, -0.15) is 0 Å². The van der Waals surface area contributed by atoms with Gasteiger partial charge >= 0.3 is 0 Å². The molecule has 0 fully saturated rings. The molecule has 106 valence electrons. The van der Waals surface area contributed by atoms with E-state index in [4.69, 9.17) is 5.73 Å². The Labute approximate surface area is 137 Å². The third-order valence-corrected chi connectivity index (χ3v) is 2.96. The number of guanidine groups is 1. The van der Waals surface area contributed by atoms with E-state index in [-0.39, 0.29) is 24.0 Å². The molecule has 0 aliphatic rings. The molecule has 0 unspecified atom stereocenters. The van der Waals surface area contributed by atoms with Crippen LogP contribution in [-0.2, 0) is 6.54 Å². The van der Waals surface area contributed by atoms with E-state index in [0.717, 1.165) is 5.69 Å². The van der Waals surface area contributed by atoms with Gasteiger partial charge in [0.25, 0.3) is 0 Å². The fraction of sp³-hybridized carbons (Fsp3) is 0.188. The highest BCUT2D eigenvalue weighted by Gasteiger charge is 1.98. The average Bonchev–Trinajstić information content (AvgIpc) is 2.39. The van der Waals surface area contributed by atoms with Crippen molar-refractivity contribution in [3.8, 4) is 0 Å². The van der Waals surface area contributed by atoms with Crippen molar-refractivity contribution in [3.05, 3.63) is 65.2 Å². The average molecular weight is 381 g/mol. The third kappa shape index (κ3) is 4.85. The predicted molar refractivity (Wildman–Crippen MR) is 96.7 cm³/mol. The molecule has 0 saturated carbocycles. The Hall–Kier alpha value is -1.56. The Balaban J connectivity index is 0.00000200. The summed E-state index contributed by atoms with van der Waals surface area (Å²) in [5.74, 6) is 0.436. The van der Waals surface area contributed by atoms with Crippen LogP contribution in [0.25, 0.3) is 0 Å². The van der Waals surface area contributed by atoms with Gasteiger partial charge in [-0.05, 0) is 37.1 Å². The number of nitrogens with one attached hydrogen (secondary N) is 1. The first-order chi connectivity index (χ1) is 9.15. The highest BCUT2D eigenvalue weighted by Crippen LogP contribution is 2.11. The Kier molecular flexibility index (Phi) is 6.51. The van der Waals surface area contributed by atoms with Gasteiger partial charge in [-0.15, -0.1) is 24.0 Å². The SMILES string of the molecule is Cc1ccc(CN=C(N)Nc2ccccc2)c(C)c1.I. The fourth-order valence-electron chi connectivity index (χ4n) is 1.90. The molecule has 20 heavy (non-hydrogen) atoms. The summed E-state index contributed by atoms with van der Waals surface area (Å²) in [6.07, 6.45) is 0. The van der Waals surface area contributed by atoms with E-state index in [0.29, 0.717) is 12.5 Å². The van der Waals surface area contributed by atoms with Crippen LogP contribution in [0.2, 0.25) is 0 Å². The highest BCUT2D eigenvalue weighted by atomic mass is 127. The minimum Gasteiger partial charge on any atom is -0.370 e. The first kappa shape index (κ1) is 16.5. The molecule has 0 aliphatic carbocycles. The minimum atomic E-state index is 0. The molecule has 0 saturated heterocycles. The van der Waals surface area contributed by atoms with E-state index >= 15 is 0 Å². The summed E-state index contributed by atoms with van der Waals surface area (Å²) in [5, 5.41) is 3.07. The number of aryl methyl sites for hydroxylation is 2. The number of benzene rings is 2. The quantitative estimate of drug-likeness (QED) is 0.482. The van der Waals surface area contributed by atoms with E-state index in [9.17, 15) is 0 Å². The molecule has 0 atom stereocenters. The third-order valence-electron chi connectivity index (χ3n) is 2.96. The summed E-state index contributed by atoms with van der Waals surface area (Å²) >= 11 is 0. The number of nitrogens with zero attached hydrogens (tertiary/aromatic N) is 1. The van der Waals surface area contributed by atoms with E-state index in [1.165, 1.54) is 16.7 Å². The number of hydrogen-bond acceptors (Lipinski definition) is 1. The molecule has 2 aromatic carbocycles. The summed E-state index contributed by atoms with van der Waals surface area (Å²) in [5.41, 5.74) is 10.5. The van der Waals surface area contributed by atoms with Crippen molar-refractivity contribution in [2.24, 2.45) is 10.7 Å². The zero-order chi connectivity index (χ0) is 13.7. The standard InChI is InChI=1S/C16H19N3.HI/c1-12-8-9-14(13(2)10-12)11-18-16(17)19-15-6-4-3-5-7-15;/h3-10H,11H2,1-2H3,(H3,17,18,19);1H. The van der Waals surface area contributed by atoms with Crippen molar-refractivity contribution in [1.82, 2.24) is 0 Å². The monoisotopic (exact) mass is 381 g/mol. The summed E-state index contributed by atoms with van der Waals surface area (Å²) in [6.45, 7) is 4.78. The van der Waals surface area contributed by atoms with Gasteiger partial charge < -0.3 is 11.1 Å². The maximum atomic E-state index is 5.87. The van der Waals surface area contributed by atoms with Crippen LogP contribution >= 0.6 is 24.0 Å². The first-order valence-electron chi connectivity index (χ1n) is 6.33. The summed E-state index contributed by atoms with van der Waals surface area (Å²) in [6, 6.07) is 16.2. The number of hydrogen-bond donors (Lipinski definition) is 2. The Morgan fingerprint density at radius 1 is 1.10 bits per heavy atom. The van der Waals surface area contributed by atoms with Gasteiger partial charge in [0.05, 0.1) is 6.54 Å². The largest absolute Gasteiger partial charge is 0.370 e. The summed E-state index contributed by atoms with van der Waals surface area (Å²) in [4.78, 5) is 4.36. The molecule has 3 N–H and O–H groups in total. The van der Waals surface area contributed by atoms with Crippen molar-refractivity contribution in [2.75, 3.05) is 5.32 Å². The van der Waals surface area contributed by atoms with Crippen LogP contribution in [0.4, 0.5) is 5.69 Å². The Morgan fingerprint density at radius 2 is 1.80 bits per heavy atom. The topological polar surface area (TPSA) is 50.4 Å². The van der Waals surface area contributed by atoms with Crippen LogP contribution in [0.5, 0.6) is 0 Å². The van der Waals surface area contributed by atoms with Gasteiger partial charge in [-0.25, -0.2) is 4.99 Å². The van der Waals surface area contributed by atoms with Crippen LogP contribution in [0, 0.1) is 13.8 Å². The predicted octanol–water partition coefficient (Wildman–Crippen LogP) is 3.85. The molecular formula is C16H20IN3. The summed E-state index contributed by atoms with van der Waals surface area (Å²) < 4.78 is 0. The molecule has 0 heterocycles. The van der Waals surface area contributed by atoms with Crippen molar-refractivity contribution < 1.29 is 0 Å². The van der Waals surface area contributed by atoms with Crippen LogP contribution < -0.4 is 11.1 Å². The zero-order valence-corrected chi connectivity index (χ0v) is 14.1. The van der Waals surface area contributed by atoms with Crippen LogP contribution in [0.3, 0.4) is 0 Å². The molecule has 4 heteroatoms. The smallest absolute Gasteiger partial charge is 0.193 e.